The number of amides is 1. The summed E-state index contributed by atoms with van der Waals surface area (Å²) in [7, 11) is 1.77. The summed E-state index contributed by atoms with van der Waals surface area (Å²) >= 11 is 1.27. The van der Waals surface area contributed by atoms with Gasteiger partial charge in [-0.1, -0.05) is 0 Å². The quantitative estimate of drug-likeness (QED) is 0.847. The number of rotatable bonds is 5. The third kappa shape index (κ3) is 3.66. The molecule has 0 aliphatic heterocycles. The van der Waals surface area contributed by atoms with Crippen LogP contribution in [0.5, 0.6) is 0 Å². The molecule has 0 bridgehead atoms. The molecule has 2 heterocycles. The fraction of sp³-hybridized carbons (Fsp3) is 0.385. The minimum absolute atomic E-state index is 0.103. The number of aryl methyl sites for hydroxylation is 1. The zero-order valence-electron chi connectivity index (χ0n) is 12.0. The molecule has 8 heteroatoms. The van der Waals surface area contributed by atoms with Crippen LogP contribution in [-0.2, 0) is 23.0 Å². The van der Waals surface area contributed by atoms with E-state index in [0.717, 1.165) is 5.69 Å². The van der Waals surface area contributed by atoms with Gasteiger partial charge in [-0.2, -0.15) is 5.10 Å². The minimum Gasteiger partial charge on any atom is -0.466 e. The number of carbonyl (C=O) groups is 2. The standard InChI is InChI=1S/C13H16N4O3S/c1-4-20-11(18)5-9-7-21-13(15-9)16-12(19)10-6-14-17(3)8(10)2/h6-7H,4-5H2,1-3H3,(H,15,16,19). The van der Waals surface area contributed by atoms with Crippen LogP contribution in [0, 0.1) is 6.92 Å². The lowest BCUT2D eigenvalue weighted by Gasteiger charge is -2.01. The molecule has 0 saturated heterocycles. The van der Waals surface area contributed by atoms with Crippen molar-refractivity contribution in [3.05, 3.63) is 28.5 Å². The van der Waals surface area contributed by atoms with Crippen molar-refractivity contribution in [3.63, 3.8) is 0 Å². The van der Waals surface area contributed by atoms with Gasteiger partial charge in [0.05, 0.1) is 30.5 Å². The molecule has 21 heavy (non-hydrogen) atoms. The SMILES string of the molecule is CCOC(=O)Cc1csc(NC(=O)c2cnn(C)c2C)n1. The van der Waals surface area contributed by atoms with Crippen molar-refractivity contribution in [2.24, 2.45) is 7.05 Å². The molecule has 0 saturated carbocycles. The van der Waals surface area contributed by atoms with Crippen LogP contribution in [0.3, 0.4) is 0 Å². The Morgan fingerprint density at radius 3 is 2.86 bits per heavy atom. The monoisotopic (exact) mass is 308 g/mol. The molecule has 2 aromatic rings. The first-order chi connectivity index (χ1) is 10.0. The van der Waals surface area contributed by atoms with Crippen LogP contribution in [0.1, 0.15) is 28.7 Å². The van der Waals surface area contributed by atoms with E-state index in [0.29, 0.717) is 23.0 Å². The van der Waals surface area contributed by atoms with Crippen molar-refractivity contribution in [3.8, 4) is 0 Å². The summed E-state index contributed by atoms with van der Waals surface area (Å²) in [6.07, 6.45) is 1.62. The predicted octanol–water partition coefficient (Wildman–Crippen LogP) is 1.54. The van der Waals surface area contributed by atoms with Crippen molar-refractivity contribution >= 4 is 28.3 Å². The van der Waals surface area contributed by atoms with Gasteiger partial charge in [0.25, 0.3) is 5.91 Å². The van der Waals surface area contributed by atoms with E-state index in [9.17, 15) is 9.59 Å². The second-order valence-electron chi connectivity index (χ2n) is 4.35. The summed E-state index contributed by atoms with van der Waals surface area (Å²) in [5.41, 5.74) is 1.85. The summed E-state index contributed by atoms with van der Waals surface area (Å²) in [6.45, 7) is 3.91. The van der Waals surface area contributed by atoms with Gasteiger partial charge in [-0.25, -0.2) is 4.98 Å². The Kier molecular flexibility index (Phi) is 4.69. The zero-order valence-corrected chi connectivity index (χ0v) is 12.9. The molecule has 1 N–H and O–H groups in total. The largest absolute Gasteiger partial charge is 0.466 e. The number of carbonyl (C=O) groups excluding carboxylic acids is 2. The molecule has 0 unspecified atom stereocenters. The molecule has 2 aromatic heterocycles. The maximum absolute atomic E-state index is 12.1. The van der Waals surface area contributed by atoms with Crippen molar-refractivity contribution in [1.82, 2.24) is 14.8 Å². The molecular formula is C13H16N4O3S. The number of hydrogen-bond acceptors (Lipinski definition) is 6. The molecular weight excluding hydrogens is 292 g/mol. The molecule has 0 radical (unpaired) electrons. The zero-order chi connectivity index (χ0) is 15.4. The molecule has 1 amide bonds. The van der Waals surface area contributed by atoms with E-state index in [4.69, 9.17) is 4.74 Å². The molecule has 0 aromatic carbocycles. The molecule has 0 spiro atoms. The highest BCUT2D eigenvalue weighted by Crippen LogP contribution is 2.18. The molecule has 0 fully saturated rings. The molecule has 112 valence electrons. The summed E-state index contributed by atoms with van der Waals surface area (Å²) in [6, 6.07) is 0. The highest BCUT2D eigenvalue weighted by Gasteiger charge is 2.15. The number of anilines is 1. The third-order valence-corrected chi connectivity index (χ3v) is 3.69. The van der Waals surface area contributed by atoms with Gasteiger partial charge in [0.15, 0.2) is 5.13 Å². The van der Waals surface area contributed by atoms with E-state index in [1.807, 2.05) is 6.92 Å². The third-order valence-electron chi connectivity index (χ3n) is 2.88. The van der Waals surface area contributed by atoms with Gasteiger partial charge in [0.2, 0.25) is 0 Å². The van der Waals surface area contributed by atoms with E-state index in [2.05, 4.69) is 15.4 Å². The Labute approximate surface area is 125 Å². The normalized spacial score (nSPS) is 10.4. The van der Waals surface area contributed by atoms with Gasteiger partial charge < -0.3 is 4.74 Å². The van der Waals surface area contributed by atoms with E-state index in [-0.39, 0.29) is 18.3 Å². The number of thiazole rings is 1. The van der Waals surface area contributed by atoms with Crippen molar-refractivity contribution in [1.29, 1.82) is 0 Å². The summed E-state index contributed by atoms with van der Waals surface area (Å²) in [5.74, 6) is -0.596. The van der Waals surface area contributed by atoms with Gasteiger partial charge in [0.1, 0.15) is 0 Å². The van der Waals surface area contributed by atoms with Crippen molar-refractivity contribution < 1.29 is 14.3 Å². The van der Waals surface area contributed by atoms with Crippen LogP contribution >= 0.6 is 11.3 Å². The first-order valence-corrected chi connectivity index (χ1v) is 7.29. The highest BCUT2D eigenvalue weighted by molar-refractivity contribution is 7.14. The highest BCUT2D eigenvalue weighted by atomic mass is 32.1. The van der Waals surface area contributed by atoms with Crippen LogP contribution < -0.4 is 5.32 Å². The lowest BCUT2D eigenvalue weighted by molar-refractivity contribution is -0.142. The number of aromatic nitrogens is 3. The average molecular weight is 308 g/mol. The lowest BCUT2D eigenvalue weighted by Crippen LogP contribution is -2.13. The van der Waals surface area contributed by atoms with E-state index < -0.39 is 0 Å². The van der Waals surface area contributed by atoms with Gasteiger partial charge in [0, 0.05) is 18.1 Å². The summed E-state index contributed by atoms with van der Waals surface area (Å²) < 4.78 is 6.48. The number of nitrogens with zero attached hydrogens (tertiary/aromatic N) is 3. The van der Waals surface area contributed by atoms with Gasteiger partial charge in [-0.3, -0.25) is 19.6 Å². The number of nitrogens with one attached hydrogen (secondary N) is 1. The Balaban J connectivity index is 2.01. The second kappa shape index (κ2) is 6.49. The Morgan fingerprint density at radius 2 is 2.24 bits per heavy atom. The molecule has 2 rings (SSSR count). The number of esters is 1. The first kappa shape index (κ1) is 15.2. The second-order valence-corrected chi connectivity index (χ2v) is 5.21. The topological polar surface area (TPSA) is 86.1 Å². The maximum Gasteiger partial charge on any atom is 0.311 e. The average Bonchev–Trinajstić information content (AvgIpc) is 2.98. The fourth-order valence-electron chi connectivity index (χ4n) is 1.69. The smallest absolute Gasteiger partial charge is 0.311 e. The van der Waals surface area contributed by atoms with Crippen LogP contribution in [0.2, 0.25) is 0 Å². The molecule has 0 aliphatic carbocycles. The van der Waals surface area contributed by atoms with Crippen LogP contribution in [-0.4, -0.2) is 33.2 Å². The van der Waals surface area contributed by atoms with Gasteiger partial charge in [-0.15, -0.1) is 11.3 Å². The van der Waals surface area contributed by atoms with Crippen LogP contribution in [0.25, 0.3) is 0 Å². The predicted molar refractivity (Wildman–Crippen MR) is 78.3 cm³/mol. The first-order valence-electron chi connectivity index (χ1n) is 6.41. The van der Waals surface area contributed by atoms with Gasteiger partial charge >= 0.3 is 5.97 Å². The van der Waals surface area contributed by atoms with E-state index in [1.54, 1.807) is 24.0 Å². The van der Waals surface area contributed by atoms with Crippen molar-refractivity contribution in [2.75, 3.05) is 11.9 Å². The Hall–Kier alpha value is -2.22. The summed E-state index contributed by atoms with van der Waals surface area (Å²) in [4.78, 5) is 27.6. The van der Waals surface area contributed by atoms with Crippen LogP contribution in [0.4, 0.5) is 5.13 Å². The lowest BCUT2D eigenvalue weighted by atomic mass is 10.2. The molecule has 7 nitrogen and oxygen atoms in total. The molecule has 0 atom stereocenters. The van der Waals surface area contributed by atoms with Crippen molar-refractivity contribution in [2.45, 2.75) is 20.3 Å². The van der Waals surface area contributed by atoms with E-state index in [1.165, 1.54) is 17.5 Å². The van der Waals surface area contributed by atoms with Crippen LogP contribution in [0.15, 0.2) is 11.6 Å². The minimum atomic E-state index is -0.330. The number of ether oxygens (including phenoxy) is 1. The van der Waals surface area contributed by atoms with E-state index >= 15 is 0 Å². The Bertz CT molecular complexity index is 662. The molecule has 0 aliphatic rings. The van der Waals surface area contributed by atoms with Gasteiger partial charge in [-0.05, 0) is 13.8 Å². The number of hydrogen-bond donors (Lipinski definition) is 1. The maximum atomic E-state index is 12.1. The summed E-state index contributed by atoms with van der Waals surface area (Å²) in [5, 5.41) is 8.89. The fourth-order valence-corrected chi connectivity index (χ4v) is 2.40. The Morgan fingerprint density at radius 1 is 1.48 bits per heavy atom.